The lowest BCUT2D eigenvalue weighted by molar-refractivity contribution is 0.100. The van der Waals surface area contributed by atoms with E-state index in [9.17, 15) is 0 Å². The average molecular weight is 224 g/mol. The van der Waals surface area contributed by atoms with Gasteiger partial charge in [-0.05, 0) is 57.5 Å². The second-order valence-electron chi connectivity index (χ2n) is 5.80. The van der Waals surface area contributed by atoms with Gasteiger partial charge in [0.2, 0.25) is 0 Å². The van der Waals surface area contributed by atoms with Gasteiger partial charge in [-0.15, -0.1) is 0 Å². The highest BCUT2D eigenvalue weighted by molar-refractivity contribution is 4.87. The summed E-state index contributed by atoms with van der Waals surface area (Å²) in [5.74, 6) is 0.974. The van der Waals surface area contributed by atoms with E-state index in [2.05, 4.69) is 24.1 Å². The lowest BCUT2D eigenvalue weighted by Gasteiger charge is -2.39. The first-order valence-corrected chi connectivity index (χ1v) is 7.27. The van der Waals surface area contributed by atoms with E-state index >= 15 is 0 Å². The molecule has 94 valence electrons. The Balaban J connectivity index is 1.90. The van der Waals surface area contributed by atoms with Crippen LogP contribution in [0.5, 0.6) is 0 Å². The first kappa shape index (κ1) is 12.4. The second-order valence-corrected chi connectivity index (χ2v) is 5.80. The number of rotatable bonds is 4. The molecule has 1 saturated carbocycles. The maximum atomic E-state index is 3.52. The third-order valence-corrected chi connectivity index (χ3v) is 4.44. The van der Waals surface area contributed by atoms with Crippen LogP contribution in [0.15, 0.2) is 0 Å². The highest BCUT2D eigenvalue weighted by Crippen LogP contribution is 2.29. The van der Waals surface area contributed by atoms with Crippen molar-refractivity contribution in [3.63, 3.8) is 0 Å². The highest BCUT2D eigenvalue weighted by atomic mass is 15.2. The van der Waals surface area contributed by atoms with Crippen molar-refractivity contribution in [2.45, 2.75) is 64.5 Å². The van der Waals surface area contributed by atoms with Gasteiger partial charge in [-0.2, -0.15) is 0 Å². The Morgan fingerprint density at radius 3 is 2.38 bits per heavy atom. The van der Waals surface area contributed by atoms with E-state index in [1.54, 1.807) is 0 Å². The quantitative estimate of drug-likeness (QED) is 0.790. The predicted octanol–water partition coefficient (Wildman–Crippen LogP) is 2.64. The summed E-state index contributed by atoms with van der Waals surface area (Å²) in [7, 11) is 0. The van der Waals surface area contributed by atoms with Crippen molar-refractivity contribution in [3.8, 4) is 0 Å². The topological polar surface area (TPSA) is 15.3 Å². The fourth-order valence-electron chi connectivity index (χ4n) is 3.42. The molecule has 0 amide bonds. The van der Waals surface area contributed by atoms with Crippen LogP contribution in [0.2, 0.25) is 0 Å². The van der Waals surface area contributed by atoms with Gasteiger partial charge in [-0.1, -0.05) is 13.8 Å². The standard InChI is InChI=1S/C14H28N2/c1-3-10-16(14-8-9-15-11-14)13-6-4-12(2)5-7-13/h12-15H,3-11H2,1-2H3. The molecule has 1 N–H and O–H groups in total. The highest BCUT2D eigenvalue weighted by Gasteiger charge is 2.30. The van der Waals surface area contributed by atoms with E-state index in [1.165, 1.54) is 58.2 Å². The summed E-state index contributed by atoms with van der Waals surface area (Å²) in [5, 5.41) is 3.52. The molecule has 2 rings (SSSR count). The summed E-state index contributed by atoms with van der Waals surface area (Å²) in [6.07, 6.45) is 8.46. The number of nitrogens with one attached hydrogen (secondary N) is 1. The Morgan fingerprint density at radius 2 is 1.81 bits per heavy atom. The van der Waals surface area contributed by atoms with Gasteiger partial charge in [0, 0.05) is 18.6 Å². The summed E-state index contributed by atoms with van der Waals surface area (Å²) in [4.78, 5) is 2.83. The molecule has 0 radical (unpaired) electrons. The Hall–Kier alpha value is -0.0800. The van der Waals surface area contributed by atoms with E-state index in [-0.39, 0.29) is 0 Å². The third-order valence-electron chi connectivity index (χ3n) is 4.44. The molecule has 0 aromatic rings. The largest absolute Gasteiger partial charge is 0.315 e. The van der Waals surface area contributed by atoms with Crippen LogP contribution in [0.1, 0.15) is 52.4 Å². The Bertz CT molecular complexity index is 191. The van der Waals surface area contributed by atoms with E-state index in [0.29, 0.717) is 0 Å². The zero-order valence-electron chi connectivity index (χ0n) is 11.0. The smallest absolute Gasteiger partial charge is 0.0235 e. The SMILES string of the molecule is CCCN(C1CCC(C)CC1)C1CCNC1. The molecule has 1 unspecified atom stereocenters. The monoisotopic (exact) mass is 224 g/mol. The molecule has 1 heterocycles. The summed E-state index contributed by atoms with van der Waals surface area (Å²) < 4.78 is 0. The van der Waals surface area contributed by atoms with Gasteiger partial charge in [0.1, 0.15) is 0 Å². The average Bonchev–Trinajstić information content (AvgIpc) is 2.81. The molecule has 2 fully saturated rings. The Labute approximate surface area is 101 Å². The zero-order valence-corrected chi connectivity index (χ0v) is 11.0. The van der Waals surface area contributed by atoms with Crippen molar-refractivity contribution in [1.82, 2.24) is 10.2 Å². The van der Waals surface area contributed by atoms with Gasteiger partial charge in [0.15, 0.2) is 0 Å². The Kier molecular flexibility index (Phi) is 4.66. The van der Waals surface area contributed by atoms with Crippen LogP contribution in [0.3, 0.4) is 0 Å². The van der Waals surface area contributed by atoms with Crippen molar-refractivity contribution >= 4 is 0 Å². The van der Waals surface area contributed by atoms with Gasteiger partial charge in [-0.25, -0.2) is 0 Å². The molecule has 1 saturated heterocycles. The van der Waals surface area contributed by atoms with Crippen molar-refractivity contribution in [2.75, 3.05) is 19.6 Å². The first-order chi connectivity index (χ1) is 7.81. The first-order valence-electron chi connectivity index (χ1n) is 7.27. The van der Waals surface area contributed by atoms with Crippen molar-refractivity contribution < 1.29 is 0 Å². The molecular formula is C14H28N2. The Morgan fingerprint density at radius 1 is 1.06 bits per heavy atom. The molecule has 2 nitrogen and oxygen atoms in total. The predicted molar refractivity (Wildman–Crippen MR) is 69.7 cm³/mol. The molecule has 0 aromatic heterocycles. The molecule has 0 aromatic carbocycles. The number of hydrogen-bond acceptors (Lipinski definition) is 2. The van der Waals surface area contributed by atoms with Crippen molar-refractivity contribution in [2.24, 2.45) is 5.92 Å². The van der Waals surface area contributed by atoms with Gasteiger partial charge < -0.3 is 5.32 Å². The lowest BCUT2D eigenvalue weighted by Crippen LogP contribution is -2.46. The molecule has 1 aliphatic carbocycles. The fourth-order valence-corrected chi connectivity index (χ4v) is 3.42. The van der Waals surface area contributed by atoms with E-state index in [4.69, 9.17) is 0 Å². The minimum absolute atomic E-state index is 0.832. The van der Waals surface area contributed by atoms with Crippen LogP contribution < -0.4 is 5.32 Å². The second kappa shape index (κ2) is 6.02. The van der Waals surface area contributed by atoms with Gasteiger partial charge >= 0.3 is 0 Å². The third kappa shape index (κ3) is 2.98. The van der Waals surface area contributed by atoms with Crippen molar-refractivity contribution in [1.29, 1.82) is 0 Å². The lowest BCUT2D eigenvalue weighted by atomic mass is 9.86. The van der Waals surface area contributed by atoms with Crippen LogP contribution in [-0.4, -0.2) is 36.6 Å². The molecule has 1 atom stereocenters. The summed E-state index contributed by atoms with van der Waals surface area (Å²) in [6.45, 7) is 8.50. The van der Waals surface area contributed by atoms with Crippen LogP contribution in [0.4, 0.5) is 0 Å². The van der Waals surface area contributed by atoms with Gasteiger partial charge in [0.05, 0.1) is 0 Å². The minimum atomic E-state index is 0.832. The van der Waals surface area contributed by atoms with Crippen LogP contribution in [0, 0.1) is 5.92 Å². The van der Waals surface area contributed by atoms with Crippen molar-refractivity contribution in [3.05, 3.63) is 0 Å². The molecule has 0 bridgehead atoms. The molecule has 16 heavy (non-hydrogen) atoms. The zero-order chi connectivity index (χ0) is 11.4. The summed E-state index contributed by atoms with van der Waals surface area (Å²) in [5.41, 5.74) is 0. The molecular weight excluding hydrogens is 196 g/mol. The maximum Gasteiger partial charge on any atom is 0.0235 e. The van der Waals surface area contributed by atoms with Crippen LogP contribution in [0.25, 0.3) is 0 Å². The summed E-state index contributed by atoms with van der Waals surface area (Å²) in [6, 6.07) is 1.72. The van der Waals surface area contributed by atoms with Crippen LogP contribution in [-0.2, 0) is 0 Å². The summed E-state index contributed by atoms with van der Waals surface area (Å²) >= 11 is 0. The molecule has 0 spiro atoms. The maximum absolute atomic E-state index is 3.52. The van der Waals surface area contributed by atoms with E-state index in [0.717, 1.165) is 18.0 Å². The number of hydrogen-bond donors (Lipinski definition) is 1. The normalized spacial score (nSPS) is 35.8. The number of nitrogens with zero attached hydrogens (tertiary/aromatic N) is 1. The molecule has 1 aliphatic heterocycles. The van der Waals surface area contributed by atoms with Gasteiger partial charge in [-0.3, -0.25) is 4.90 Å². The minimum Gasteiger partial charge on any atom is -0.315 e. The molecule has 2 heteroatoms. The fraction of sp³-hybridized carbons (Fsp3) is 1.00. The van der Waals surface area contributed by atoms with Gasteiger partial charge in [0.25, 0.3) is 0 Å². The molecule has 2 aliphatic rings. The van der Waals surface area contributed by atoms with E-state index in [1.807, 2.05) is 0 Å². The van der Waals surface area contributed by atoms with Crippen LogP contribution >= 0.6 is 0 Å². The van der Waals surface area contributed by atoms with E-state index < -0.39 is 0 Å².